The molecule has 25 heavy (non-hydrogen) atoms. The van der Waals surface area contributed by atoms with Crippen molar-refractivity contribution in [2.45, 2.75) is 90.9 Å². The second kappa shape index (κ2) is 11.9. The van der Waals surface area contributed by atoms with Gasteiger partial charge in [0, 0.05) is 12.6 Å². The molecule has 0 atom stereocenters. The van der Waals surface area contributed by atoms with Crippen molar-refractivity contribution in [2.24, 2.45) is 0 Å². The molecule has 0 saturated carbocycles. The lowest BCUT2D eigenvalue weighted by Crippen LogP contribution is -2.00. The monoisotopic (exact) mass is 346 g/mol. The van der Waals surface area contributed by atoms with E-state index in [4.69, 9.17) is 9.15 Å². The highest BCUT2D eigenvalue weighted by Gasteiger charge is 2.08. The first-order valence-corrected chi connectivity index (χ1v) is 10.2. The Morgan fingerprint density at radius 1 is 0.880 bits per heavy atom. The molecule has 4 nitrogen and oxygen atoms in total. The summed E-state index contributed by atoms with van der Waals surface area (Å²) in [6, 6.07) is 2.49. The van der Waals surface area contributed by atoms with Crippen LogP contribution in [0.5, 0.6) is 6.01 Å². The smallest absolute Gasteiger partial charge is 0.319 e. The third kappa shape index (κ3) is 7.45. The molecule has 2 rings (SSSR count). The van der Waals surface area contributed by atoms with Gasteiger partial charge in [-0.2, -0.15) is 4.98 Å². The number of furan rings is 1. The van der Waals surface area contributed by atoms with Crippen LogP contribution in [-0.2, 0) is 6.42 Å². The average molecular weight is 347 g/mol. The molecule has 0 spiro atoms. The molecule has 0 aliphatic rings. The Bertz CT molecular complexity index is 595. The Hall–Kier alpha value is -1.58. The van der Waals surface area contributed by atoms with Gasteiger partial charge in [-0.25, -0.2) is 4.98 Å². The Morgan fingerprint density at radius 2 is 1.56 bits per heavy atom. The maximum Gasteiger partial charge on any atom is 0.319 e. The van der Waals surface area contributed by atoms with Gasteiger partial charge >= 0.3 is 6.01 Å². The van der Waals surface area contributed by atoms with Gasteiger partial charge in [-0.05, 0) is 18.9 Å². The maximum atomic E-state index is 5.86. The molecule has 0 bridgehead atoms. The van der Waals surface area contributed by atoms with Crippen molar-refractivity contribution in [1.82, 2.24) is 9.97 Å². The van der Waals surface area contributed by atoms with Crippen LogP contribution in [0.25, 0.3) is 11.1 Å². The highest BCUT2D eigenvalue weighted by molar-refractivity contribution is 5.73. The summed E-state index contributed by atoms with van der Waals surface area (Å²) < 4.78 is 11.5. The summed E-state index contributed by atoms with van der Waals surface area (Å²) in [5.41, 5.74) is 0.648. The van der Waals surface area contributed by atoms with E-state index in [0.717, 1.165) is 24.0 Å². The summed E-state index contributed by atoms with van der Waals surface area (Å²) in [7, 11) is 0. The predicted molar refractivity (Wildman–Crippen MR) is 103 cm³/mol. The van der Waals surface area contributed by atoms with Crippen molar-refractivity contribution in [3.8, 4) is 6.01 Å². The molecule has 0 radical (unpaired) electrons. The first-order chi connectivity index (χ1) is 12.3. The van der Waals surface area contributed by atoms with E-state index in [-0.39, 0.29) is 0 Å². The Morgan fingerprint density at radius 3 is 2.32 bits per heavy atom. The molecule has 0 aromatic carbocycles. The van der Waals surface area contributed by atoms with E-state index in [1.54, 1.807) is 6.20 Å². The van der Waals surface area contributed by atoms with Gasteiger partial charge in [0.25, 0.3) is 0 Å². The van der Waals surface area contributed by atoms with Crippen molar-refractivity contribution in [2.75, 3.05) is 6.61 Å². The van der Waals surface area contributed by atoms with Gasteiger partial charge < -0.3 is 9.15 Å². The molecule has 2 aromatic rings. The van der Waals surface area contributed by atoms with Crippen LogP contribution in [0.2, 0.25) is 0 Å². The molecule has 0 saturated heterocycles. The number of hydrogen-bond acceptors (Lipinski definition) is 4. The van der Waals surface area contributed by atoms with E-state index in [9.17, 15) is 0 Å². The molecule has 0 aliphatic carbocycles. The second-order valence-corrected chi connectivity index (χ2v) is 6.91. The molecule has 140 valence electrons. The highest BCUT2D eigenvalue weighted by Crippen LogP contribution is 2.21. The van der Waals surface area contributed by atoms with Crippen LogP contribution < -0.4 is 4.74 Å². The average Bonchev–Trinajstić information content (AvgIpc) is 3.03. The molecule has 0 amide bonds. The minimum Gasteiger partial charge on any atom is -0.463 e. The SMILES string of the molecule is CCCCCCCCCCc1cc2cnc(OCCCCC)nc2o1. The number of unbranched alkanes of at least 4 members (excludes halogenated alkanes) is 9. The molecule has 0 fully saturated rings. The highest BCUT2D eigenvalue weighted by atomic mass is 16.5. The van der Waals surface area contributed by atoms with E-state index < -0.39 is 0 Å². The fourth-order valence-electron chi connectivity index (χ4n) is 3.01. The summed E-state index contributed by atoms with van der Waals surface area (Å²) in [5.74, 6) is 1.01. The summed E-state index contributed by atoms with van der Waals surface area (Å²) in [4.78, 5) is 8.65. The maximum absolute atomic E-state index is 5.86. The van der Waals surface area contributed by atoms with Crippen molar-refractivity contribution >= 4 is 11.1 Å². The van der Waals surface area contributed by atoms with Gasteiger partial charge in [0.15, 0.2) is 0 Å². The van der Waals surface area contributed by atoms with Crippen molar-refractivity contribution in [3.05, 3.63) is 18.0 Å². The number of nitrogens with zero attached hydrogens (tertiary/aromatic N) is 2. The van der Waals surface area contributed by atoms with Crippen LogP contribution in [-0.4, -0.2) is 16.6 Å². The van der Waals surface area contributed by atoms with Crippen molar-refractivity contribution < 1.29 is 9.15 Å². The number of aromatic nitrogens is 2. The lowest BCUT2D eigenvalue weighted by atomic mass is 10.1. The quantitative estimate of drug-likeness (QED) is 0.367. The number of hydrogen-bond donors (Lipinski definition) is 0. The van der Waals surface area contributed by atoms with E-state index in [0.29, 0.717) is 18.3 Å². The van der Waals surface area contributed by atoms with E-state index in [2.05, 4.69) is 29.9 Å². The normalized spacial score (nSPS) is 11.3. The Kier molecular flexibility index (Phi) is 9.38. The van der Waals surface area contributed by atoms with Gasteiger partial charge in [-0.3, -0.25) is 0 Å². The largest absolute Gasteiger partial charge is 0.463 e. The van der Waals surface area contributed by atoms with Gasteiger partial charge in [0.1, 0.15) is 5.76 Å². The van der Waals surface area contributed by atoms with E-state index in [1.807, 2.05) is 0 Å². The zero-order valence-corrected chi connectivity index (χ0v) is 16.1. The van der Waals surface area contributed by atoms with Crippen molar-refractivity contribution in [1.29, 1.82) is 0 Å². The van der Waals surface area contributed by atoms with Crippen LogP contribution in [0.4, 0.5) is 0 Å². The van der Waals surface area contributed by atoms with Crippen LogP contribution in [0.3, 0.4) is 0 Å². The number of rotatable bonds is 14. The van der Waals surface area contributed by atoms with Gasteiger partial charge in [-0.15, -0.1) is 0 Å². The summed E-state index contributed by atoms with van der Waals surface area (Å²) in [6.07, 6.45) is 16.8. The summed E-state index contributed by atoms with van der Waals surface area (Å²) in [5, 5.41) is 0.968. The lowest BCUT2D eigenvalue weighted by Gasteiger charge is -2.02. The van der Waals surface area contributed by atoms with E-state index >= 15 is 0 Å². The summed E-state index contributed by atoms with van der Waals surface area (Å²) >= 11 is 0. The number of aryl methyl sites for hydroxylation is 1. The van der Waals surface area contributed by atoms with Crippen LogP contribution in [0, 0.1) is 0 Å². The topological polar surface area (TPSA) is 48.2 Å². The van der Waals surface area contributed by atoms with Crippen LogP contribution in [0.1, 0.15) is 90.2 Å². The van der Waals surface area contributed by atoms with Gasteiger partial charge in [0.05, 0.1) is 12.0 Å². The minimum absolute atomic E-state index is 0.427. The summed E-state index contributed by atoms with van der Waals surface area (Å²) in [6.45, 7) is 5.11. The molecular formula is C21H34N2O2. The Balaban J connectivity index is 1.69. The fourth-order valence-corrected chi connectivity index (χ4v) is 3.01. The minimum atomic E-state index is 0.427. The second-order valence-electron chi connectivity index (χ2n) is 6.91. The number of ether oxygens (including phenoxy) is 1. The predicted octanol–water partition coefficient (Wildman–Crippen LogP) is 6.48. The number of fused-ring (bicyclic) bond motifs is 1. The molecule has 2 aromatic heterocycles. The zero-order valence-electron chi connectivity index (χ0n) is 16.1. The molecule has 4 heteroatoms. The first kappa shape index (κ1) is 19.7. The zero-order chi connectivity index (χ0) is 17.7. The molecular weight excluding hydrogens is 312 g/mol. The standard InChI is InChI=1S/C21H34N2O2/c1-3-5-7-8-9-10-11-12-14-19-16-18-17-22-21(23-20(18)25-19)24-15-13-6-4-2/h16-17H,3-15H2,1-2H3. The molecule has 0 unspecified atom stereocenters. The molecule has 0 N–H and O–H groups in total. The van der Waals surface area contributed by atoms with Crippen LogP contribution >= 0.6 is 0 Å². The third-order valence-corrected chi connectivity index (χ3v) is 4.56. The molecule has 2 heterocycles. The van der Waals surface area contributed by atoms with Crippen molar-refractivity contribution in [3.63, 3.8) is 0 Å². The van der Waals surface area contributed by atoms with Gasteiger partial charge in [0.2, 0.25) is 5.71 Å². The Labute approximate surface area is 152 Å². The van der Waals surface area contributed by atoms with Crippen LogP contribution in [0.15, 0.2) is 16.7 Å². The first-order valence-electron chi connectivity index (χ1n) is 10.2. The van der Waals surface area contributed by atoms with Gasteiger partial charge in [-0.1, -0.05) is 71.6 Å². The molecule has 0 aliphatic heterocycles. The lowest BCUT2D eigenvalue weighted by molar-refractivity contribution is 0.282. The third-order valence-electron chi connectivity index (χ3n) is 4.56. The fraction of sp³-hybridized carbons (Fsp3) is 0.714. The van der Waals surface area contributed by atoms with E-state index in [1.165, 1.54) is 64.2 Å².